The summed E-state index contributed by atoms with van der Waals surface area (Å²) in [5, 5.41) is 20.1. The summed E-state index contributed by atoms with van der Waals surface area (Å²) in [6.07, 6.45) is 0. The smallest absolute Gasteiger partial charge is 0.269 e. The molecular formula is C21H19N9O2. The van der Waals surface area contributed by atoms with Gasteiger partial charge in [-0.15, -0.1) is 0 Å². The second-order valence-corrected chi connectivity index (χ2v) is 6.73. The Morgan fingerprint density at radius 3 is 1.22 bits per heavy atom. The lowest BCUT2D eigenvalue weighted by Crippen LogP contribution is -2.07. The van der Waals surface area contributed by atoms with E-state index in [1.54, 1.807) is 60.7 Å². The minimum Gasteiger partial charge on any atom is -0.399 e. The average Bonchev–Trinajstić information content (AvgIpc) is 2.77. The van der Waals surface area contributed by atoms with Crippen molar-refractivity contribution in [3.05, 3.63) is 82.9 Å². The van der Waals surface area contributed by atoms with E-state index in [0.29, 0.717) is 17.1 Å². The van der Waals surface area contributed by atoms with E-state index in [1.165, 1.54) is 12.1 Å². The van der Waals surface area contributed by atoms with E-state index in [9.17, 15) is 10.1 Å². The zero-order chi connectivity index (χ0) is 22.5. The minimum absolute atomic E-state index is 0.0115. The van der Waals surface area contributed by atoms with Crippen LogP contribution >= 0.6 is 0 Å². The van der Waals surface area contributed by atoms with Crippen molar-refractivity contribution in [2.24, 2.45) is 0 Å². The molecule has 0 aliphatic heterocycles. The van der Waals surface area contributed by atoms with Crippen LogP contribution < -0.4 is 27.4 Å². The standard InChI is InChI=1S/C21H19N9O2/c22-13-1-5-15(6-2-13)24-19-27-20(25-16-7-3-14(23)4-8-16)29-21(28-19)26-17-9-11-18(12-10-17)30(31)32/h1-12H,22-23H2,(H3,24,25,26,27,28,29). The molecule has 0 aliphatic carbocycles. The first-order valence-corrected chi connectivity index (χ1v) is 9.47. The number of hydrogen-bond donors (Lipinski definition) is 5. The molecule has 4 aromatic rings. The van der Waals surface area contributed by atoms with Crippen molar-refractivity contribution in [3.63, 3.8) is 0 Å². The third kappa shape index (κ3) is 5.16. The fourth-order valence-corrected chi connectivity index (χ4v) is 2.73. The van der Waals surface area contributed by atoms with Gasteiger partial charge >= 0.3 is 0 Å². The summed E-state index contributed by atoms with van der Waals surface area (Å²) in [5.41, 5.74) is 14.8. The maximum Gasteiger partial charge on any atom is 0.269 e. The summed E-state index contributed by atoms with van der Waals surface area (Å²) in [6.45, 7) is 0. The molecule has 32 heavy (non-hydrogen) atoms. The number of nitro benzene ring substituents is 1. The van der Waals surface area contributed by atoms with Crippen LogP contribution in [0.1, 0.15) is 0 Å². The van der Waals surface area contributed by atoms with Crippen molar-refractivity contribution in [1.29, 1.82) is 0 Å². The van der Waals surface area contributed by atoms with Crippen LogP contribution in [0.25, 0.3) is 0 Å². The lowest BCUT2D eigenvalue weighted by Gasteiger charge is -2.12. The topological polar surface area (TPSA) is 170 Å². The molecule has 0 bridgehead atoms. The van der Waals surface area contributed by atoms with E-state index in [4.69, 9.17) is 11.5 Å². The normalized spacial score (nSPS) is 10.4. The van der Waals surface area contributed by atoms with Gasteiger partial charge in [0, 0.05) is 40.6 Å². The Balaban J connectivity index is 1.63. The van der Waals surface area contributed by atoms with Crippen LogP contribution in [0.15, 0.2) is 72.8 Å². The minimum atomic E-state index is -0.462. The molecule has 1 heterocycles. The van der Waals surface area contributed by atoms with Crippen LogP contribution in [-0.2, 0) is 0 Å². The van der Waals surface area contributed by atoms with Crippen molar-refractivity contribution in [2.45, 2.75) is 0 Å². The fourth-order valence-electron chi connectivity index (χ4n) is 2.73. The quantitative estimate of drug-likeness (QED) is 0.163. The Kier molecular flexibility index (Phi) is 5.62. The van der Waals surface area contributed by atoms with E-state index >= 15 is 0 Å². The maximum absolute atomic E-state index is 10.9. The molecule has 0 fully saturated rings. The number of nitrogens with two attached hydrogens (primary N) is 2. The molecule has 4 rings (SSSR count). The van der Waals surface area contributed by atoms with Gasteiger partial charge in [-0.05, 0) is 60.7 Å². The number of anilines is 8. The Morgan fingerprint density at radius 2 is 0.906 bits per heavy atom. The number of nitrogen functional groups attached to an aromatic ring is 2. The summed E-state index contributed by atoms with van der Waals surface area (Å²) < 4.78 is 0. The fraction of sp³-hybridized carbons (Fsp3) is 0. The first kappa shape index (κ1) is 20.3. The van der Waals surface area contributed by atoms with Crippen molar-refractivity contribution >= 4 is 52.0 Å². The van der Waals surface area contributed by atoms with Crippen LogP contribution in [0.2, 0.25) is 0 Å². The van der Waals surface area contributed by atoms with Crippen molar-refractivity contribution < 1.29 is 4.92 Å². The third-order valence-electron chi connectivity index (χ3n) is 4.30. The largest absolute Gasteiger partial charge is 0.399 e. The van der Waals surface area contributed by atoms with Crippen LogP contribution in [0.5, 0.6) is 0 Å². The molecule has 0 atom stereocenters. The lowest BCUT2D eigenvalue weighted by molar-refractivity contribution is -0.384. The number of nitrogens with one attached hydrogen (secondary N) is 3. The van der Waals surface area contributed by atoms with Gasteiger partial charge in [-0.2, -0.15) is 15.0 Å². The molecule has 11 heteroatoms. The molecule has 0 saturated carbocycles. The van der Waals surface area contributed by atoms with Gasteiger partial charge in [-0.3, -0.25) is 10.1 Å². The van der Waals surface area contributed by atoms with E-state index < -0.39 is 4.92 Å². The first-order chi connectivity index (χ1) is 15.4. The molecule has 11 nitrogen and oxygen atoms in total. The average molecular weight is 429 g/mol. The van der Waals surface area contributed by atoms with Gasteiger partial charge in [0.2, 0.25) is 17.8 Å². The Hall–Kier alpha value is -4.93. The summed E-state index contributed by atoms with van der Waals surface area (Å²) in [4.78, 5) is 23.6. The number of benzene rings is 3. The molecule has 3 aromatic carbocycles. The molecule has 0 saturated heterocycles. The lowest BCUT2D eigenvalue weighted by atomic mass is 10.3. The number of aromatic nitrogens is 3. The molecule has 0 amide bonds. The molecule has 160 valence electrons. The Morgan fingerprint density at radius 1 is 0.594 bits per heavy atom. The summed E-state index contributed by atoms with van der Waals surface area (Å²) in [6, 6.07) is 20.2. The number of nitrogens with zero attached hydrogens (tertiary/aromatic N) is 4. The van der Waals surface area contributed by atoms with Crippen LogP contribution in [-0.4, -0.2) is 19.9 Å². The summed E-state index contributed by atoms with van der Waals surface area (Å²) in [5.74, 6) is 0.809. The SMILES string of the molecule is Nc1ccc(Nc2nc(Nc3ccc(N)cc3)nc(Nc3ccc([N+](=O)[O-])cc3)n2)cc1. The van der Waals surface area contributed by atoms with Gasteiger partial charge in [0.25, 0.3) is 5.69 Å². The van der Waals surface area contributed by atoms with Gasteiger partial charge in [0.15, 0.2) is 0 Å². The highest BCUT2D eigenvalue weighted by molar-refractivity contribution is 5.64. The van der Waals surface area contributed by atoms with E-state index in [2.05, 4.69) is 30.9 Å². The van der Waals surface area contributed by atoms with Gasteiger partial charge < -0.3 is 27.4 Å². The molecule has 0 radical (unpaired) electrons. The van der Waals surface area contributed by atoms with Crippen molar-refractivity contribution in [1.82, 2.24) is 15.0 Å². The molecule has 1 aromatic heterocycles. The summed E-state index contributed by atoms with van der Waals surface area (Å²) in [7, 11) is 0. The van der Waals surface area contributed by atoms with Gasteiger partial charge in [0.05, 0.1) is 4.92 Å². The van der Waals surface area contributed by atoms with Gasteiger partial charge in [-0.1, -0.05) is 0 Å². The number of non-ortho nitro benzene ring substituents is 1. The zero-order valence-electron chi connectivity index (χ0n) is 16.7. The second kappa shape index (κ2) is 8.83. The predicted octanol–water partition coefficient (Wildman–Crippen LogP) is 4.18. The molecule has 0 unspecified atom stereocenters. The van der Waals surface area contributed by atoms with E-state index in [-0.39, 0.29) is 23.5 Å². The van der Waals surface area contributed by atoms with Gasteiger partial charge in [-0.25, -0.2) is 0 Å². The monoisotopic (exact) mass is 429 g/mol. The molecule has 7 N–H and O–H groups in total. The number of nitro groups is 1. The molecule has 0 aliphatic rings. The van der Waals surface area contributed by atoms with E-state index in [0.717, 1.165) is 11.4 Å². The summed E-state index contributed by atoms with van der Waals surface area (Å²) >= 11 is 0. The van der Waals surface area contributed by atoms with Crippen LogP contribution in [0.3, 0.4) is 0 Å². The number of rotatable bonds is 7. The van der Waals surface area contributed by atoms with Crippen molar-refractivity contribution in [2.75, 3.05) is 27.4 Å². The number of hydrogen-bond acceptors (Lipinski definition) is 10. The Labute approximate surface area is 182 Å². The Bertz CT molecular complexity index is 1160. The molecular weight excluding hydrogens is 410 g/mol. The first-order valence-electron chi connectivity index (χ1n) is 9.47. The second-order valence-electron chi connectivity index (χ2n) is 6.73. The highest BCUT2D eigenvalue weighted by atomic mass is 16.6. The van der Waals surface area contributed by atoms with Crippen LogP contribution in [0.4, 0.5) is 52.0 Å². The van der Waals surface area contributed by atoms with Crippen molar-refractivity contribution in [3.8, 4) is 0 Å². The highest BCUT2D eigenvalue weighted by Crippen LogP contribution is 2.23. The highest BCUT2D eigenvalue weighted by Gasteiger charge is 2.10. The van der Waals surface area contributed by atoms with Crippen LogP contribution in [0, 0.1) is 10.1 Å². The van der Waals surface area contributed by atoms with E-state index in [1.807, 2.05) is 0 Å². The van der Waals surface area contributed by atoms with Gasteiger partial charge in [0.1, 0.15) is 0 Å². The third-order valence-corrected chi connectivity index (χ3v) is 4.30. The molecule has 0 spiro atoms. The zero-order valence-corrected chi connectivity index (χ0v) is 16.7. The maximum atomic E-state index is 10.9. The predicted molar refractivity (Wildman–Crippen MR) is 124 cm³/mol.